The number of benzene rings is 1. The van der Waals surface area contributed by atoms with Crippen molar-refractivity contribution in [2.24, 2.45) is 0 Å². The van der Waals surface area contributed by atoms with Crippen LogP contribution in [0.4, 0.5) is 10.1 Å². The second kappa shape index (κ2) is 6.19. The summed E-state index contributed by atoms with van der Waals surface area (Å²) >= 11 is 0. The van der Waals surface area contributed by atoms with Crippen molar-refractivity contribution in [3.8, 4) is 0 Å². The number of hydrogen-bond donors (Lipinski definition) is 2. The number of aromatic nitrogens is 1. The normalized spacial score (nSPS) is 12.9. The van der Waals surface area contributed by atoms with Crippen LogP contribution < -0.4 is 10.0 Å². The molecule has 0 fully saturated rings. The Morgan fingerprint density at radius 3 is 2.57 bits per heavy atom. The monoisotopic (exact) mass is 309 g/mol. The van der Waals surface area contributed by atoms with Gasteiger partial charge < -0.3 is 5.32 Å². The molecule has 7 heteroatoms. The zero-order valence-corrected chi connectivity index (χ0v) is 12.5. The molecule has 1 aromatic heterocycles. The smallest absolute Gasteiger partial charge is 0.260 e. The van der Waals surface area contributed by atoms with Gasteiger partial charge in [0.25, 0.3) is 10.0 Å². The molecular weight excluding hydrogens is 293 g/mol. The highest BCUT2D eigenvalue weighted by Gasteiger charge is 2.23. The summed E-state index contributed by atoms with van der Waals surface area (Å²) in [7, 11) is -2.25. The molecule has 1 aromatic carbocycles. The number of rotatable bonds is 5. The van der Waals surface area contributed by atoms with Gasteiger partial charge in [0, 0.05) is 24.8 Å². The molecule has 0 aliphatic heterocycles. The average Bonchev–Trinajstić information content (AvgIpc) is 2.47. The largest absolute Gasteiger partial charge is 0.386 e. The molecule has 2 aromatic rings. The Labute approximate surface area is 123 Å². The van der Waals surface area contributed by atoms with E-state index < -0.39 is 21.9 Å². The number of nitrogens with zero attached hydrogens (tertiary/aromatic N) is 1. The molecule has 21 heavy (non-hydrogen) atoms. The Hall–Kier alpha value is -1.99. The number of hydrogen-bond acceptors (Lipinski definition) is 4. The Bertz CT molecular complexity index is 735. The van der Waals surface area contributed by atoms with E-state index >= 15 is 0 Å². The fraction of sp³-hybridized carbons (Fsp3) is 0.214. The first kappa shape index (κ1) is 15.4. The third kappa shape index (κ3) is 3.37. The highest BCUT2D eigenvalue weighted by atomic mass is 32.2. The fourth-order valence-corrected chi connectivity index (χ4v) is 3.34. The molecule has 0 aliphatic carbocycles. The molecule has 0 aliphatic rings. The van der Waals surface area contributed by atoms with E-state index in [0.717, 1.165) is 0 Å². The first-order chi connectivity index (χ1) is 9.95. The first-order valence-corrected chi connectivity index (χ1v) is 7.83. The van der Waals surface area contributed by atoms with E-state index in [4.69, 9.17) is 0 Å². The molecule has 0 saturated heterocycles. The lowest BCUT2D eigenvalue weighted by Crippen LogP contribution is -2.28. The molecule has 0 amide bonds. The van der Waals surface area contributed by atoms with Gasteiger partial charge in [0.2, 0.25) is 0 Å². The molecule has 112 valence electrons. The zero-order chi connectivity index (χ0) is 15.5. The minimum Gasteiger partial charge on any atom is -0.386 e. The van der Waals surface area contributed by atoms with Crippen molar-refractivity contribution in [3.05, 3.63) is 54.0 Å². The van der Waals surface area contributed by atoms with Crippen molar-refractivity contribution in [3.63, 3.8) is 0 Å². The number of halogens is 1. The van der Waals surface area contributed by atoms with Gasteiger partial charge in [-0.3, -0.25) is 0 Å². The van der Waals surface area contributed by atoms with Crippen LogP contribution in [-0.4, -0.2) is 20.4 Å². The number of pyridine rings is 1. The van der Waals surface area contributed by atoms with Crippen molar-refractivity contribution >= 4 is 15.7 Å². The van der Waals surface area contributed by atoms with Gasteiger partial charge in [0.05, 0.1) is 5.69 Å². The molecular formula is C14H16FN3O2S. The Morgan fingerprint density at radius 2 is 1.90 bits per heavy atom. The lowest BCUT2D eigenvalue weighted by atomic mass is 10.1. The molecule has 1 atom stereocenters. The molecule has 0 radical (unpaired) electrons. The van der Waals surface area contributed by atoms with Crippen LogP contribution in [0.2, 0.25) is 0 Å². The Balaban J connectivity index is 2.32. The molecule has 1 unspecified atom stereocenters. The van der Waals surface area contributed by atoms with Gasteiger partial charge in [-0.2, -0.15) is 0 Å². The van der Waals surface area contributed by atoms with Gasteiger partial charge in [-0.25, -0.2) is 22.5 Å². The van der Waals surface area contributed by atoms with Crippen LogP contribution in [0.25, 0.3) is 0 Å². The van der Waals surface area contributed by atoms with Crippen LogP contribution in [0.3, 0.4) is 0 Å². The predicted octanol–water partition coefficient (Wildman–Crippen LogP) is 2.30. The second-order valence-electron chi connectivity index (χ2n) is 4.47. The van der Waals surface area contributed by atoms with E-state index in [2.05, 4.69) is 15.0 Å². The van der Waals surface area contributed by atoms with Crippen LogP contribution in [0, 0.1) is 5.82 Å². The Morgan fingerprint density at radius 1 is 1.19 bits per heavy atom. The molecule has 0 bridgehead atoms. The standard InChI is InChI=1S/C14H16FN3O2S/c1-10(11-6-3-4-7-12(11)15)18-21(19,20)14-13(16-2)8-5-9-17-14/h3-10,16,18H,1-2H3. The third-order valence-corrected chi connectivity index (χ3v) is 4.50. The minimum atomic E-state index is -3.86. The quantitative estimate of drug-likeness (QED) is 0.889. The van der Waals surface area contributed by atoms with E-state index in [1.165, 1.54) is 12.3 Å². The number of nitrogens with one attached hydrogen (secondary N) is 2. The molecule has 5 nitrogen and oxygen atoms in total. The SMILES string of the molecule is CNc1cccnc1S(=O)(=O)NC(C)c1ccccc1F. The Kier molecular flexibility index (Phi) is 4.54. The lowest BCUT2D eigenvalue weighted by Gasteiger charge is -2.16. The average molecular weight is 309 g/mol. The van der Waals surface area contributed by atoms with Crippen LogP contribution >= 0.6 is 0 Å². The van der Waals surface area contributed by atoms with E-state index in [1.807, 2.05) is 0 Å². The summed E-state index contributed by atoms with van der Waals surface area (Å²) in [6, 6.07) is 8.57. The van der Waals surface area contributed by atoms with Crippen molar-refractivity contribution < 1.29 is 12.8 Å². The fourth-order valence-electron chi connectivity index (χ4n) is 1.97. The summed E-state index contributed by atoms with van der Waals surface area (Å²) in [5.41, 5.74) is 0.661. The van der Waals surface area contributed by atoms with Gasteiger partial charge in [-0.05, 0) is 25.1 Å². The highest BCUT2D eigenvalue weighted by Crippen LogP contribution is 2.22. The van der Waals surface area contributed by atoms with Gasteiger partial charge in [-0.15, -0.1) is 0 Å². The summed E-state index contributed by atoms with van der Waals surface area (Å²) in [5.74, 6) is -0.456. The van der Waals surface area contributed by atoms with Crippen molar-refractivity contribution in [1.82, 2.24) is 9.71 Å². The van der Waals surface area contributed by atoms with Gasteiger partial charge >= 0.3 is 0 Å². The van der Waals surface area contributed by atoms with Gasteiger partial charge in [-0.1, -0.05) is 18.2 Å². The lowest BCUT2D eigenvalue weighted by molar-refractivity contribution is 0.548. The zero-order valence-electron chi connectivity index (χ0n) is 11.7. The topological polar surface area (TPSA) is 71.1 Å². The maximum atomic E-state index is 13.7. The van der Waals surface area contributed by atoms with Gasteiger partial charge in [0.1, 0.15) is 5.82 Å². The summed E-state index contributed by atoms with van der Waals surface area (Å²) in [6.45, 7) is 1.58. The third-order valence-electron chi connectivity index (χ3n) is 3.00. The molecule has 0 saturated carbocycles. The molecule has 0 spiro atoms. The second-order valence-corrected chi connectivity index (χ2v) is 6.10. The maximum absolute atomic E-state index is 13.7. The molecule has 1 heterocycles. The summed E-state index contributed by atoms with van der Waals surface area (Å²) in [4.78, 5) is 3.88. The highest BCUT2D eigenvalue weighted by molar-refractivity contribution is 7.89. The maximum Gasteiger partial charge on any atom is 0.260 e. The first-order valence-electron chi connectivity index (χ1n) is 6.35. The van der Waals surface area contributed by atoms with Crippen molar-refractivity contribution in [1.29, 1.82) is 0 Å². The van der Waals surface area contributed by atoms with Crippen LogP contribution in [0.5, 0.6) is 0 Å². The molecule has 2 rings (SSSR count). The summed E-state index contributed by atoms with van der Waals surface area (Å²) < 4.78 is 40.9. The van der Waals surface area contributed by atoms with Crippen LogP contribution in [0.15, 0.2) is 47.6 Å². The molecule has 2 N–H and O–H groups in total. The number of anilines is 1. The van der Waals surface area contributed by atoms with Crippen molar-refractivity contribution in [2.45, 2.75) is 18.0 Å². The van der Waals surface area contributed by atoms with E-state index in [1.54, 1.807) is 44.3 Å². The summed E-state index contributed by atoms with van der Waals surface area (Å²) in [6.07, 6.45) is 1.39. The van der Waals surface area contributed by atoms with Crippen LogP contribution in [-0.2, 0) is 10.0 Å². The van der Waals surface area contributed by atoms with Crippen LogP contribution in [0.1, 0.15) is 18.5 Å². The van der Waals surface area contributed by atoms with E-state index in [9.17, 15) is 12.8 Å². The minimum absolute atomic E-state index is 0.115. The van der Waals surface area contributed by atoms with Gasteiger partial charge in [0.15, 0.2) is 5.03 Å². The summed E-state index contributed by atoms with van der Waals surface area (Å²) in [5, 5.41) is 2.66. The predicted molar refractivity (Wildman–Crippen MR) is 78.9 cm³/mol. The number of sulfonamides is 1. The van der Waals surface area contributed by atoms with E-state index in [-0.39, 0.29) is 10.6 Å². The van der Waals surface area contributed by atoms with E-state index in [0.29, 0.717) is 5.69 Å². The van der Waals surface area contributed by atoms with Crippen molar-refractivity contribution in [2.75, 3.05) is 12.4 Å².